The van der Waals surface area contributed by atoms with Crippen molar-refractivity contribution in [2.75, 3.05) is 25.5 Å². The highest BCUT2D eigenvalue weighted by atomic mass is 32.1. The van der Waals surface area contributed by atoms with Crippen molar-refractivity contribution in [1.29, 1.82) is 0 Å². The van der Waals surface area contributed by atoms with E-state index in [0.717, 1.165) is 18.2 Å². The second kappa shape index (κ2) is 7.60. The monoisotopic (exact) mass is 322 g/mol. The van der Waals surface area contributed by atoms with E-state index in [9.17, 15) is 4.79 Å². The Morgan fingerprint density at radius 3 is 2.27 bits per heavy atom. The zero-order valence-electron chi connectivity index (χ0n) is 14.7. The van der Waals surface area contributed by atoms with Crippen molar-refractivity contribution in [1.82, 2.24) is 4.90 Å². The van der Waals surface area contributed by atoms with Crippen LogP contribution in [0.1, 0.15) is 61.9 Å². The summed E-state index contributed by atoms with van der Waals surface area (Å²) in [4.78, 5) is 16.9. The minimum atomic E-state index is 0.271. The fourth-order valence-corrected chi connectivity index (χ4v) is 4.85. The molecule has 0 atom stereocenters. The first-order valence-corrected chi connectivity index (χ1v) is 9.41. The normalized spacial score (nSPS) is 22.1. The summed E-state index contributed by atoms with van der Waals surface area (Å²) < 4.78 is 0. The minimum Gasteiger partial charge on any atom is -0.361 e. The van der Waals surface area contributed by atoms with Crippen LogP contribution in [0, 0.1) is 6.92 Å². The topological polar surface area (TPSA) is 23.6 Å². The van der Waals surface area contributed by atoms with Crippen LogP contribution in [0.4, 0.5) is 5.00 Å². The van der Waals surface area contributed by atoms with Gasteiger partial charge in [-0.25, -0.2) is 0 Å². The maximum atomic E-state index is 12.0. The zero-order chi connectivity index (χ0) is 16.3. The molecule has 3 nitrogen and oxygen atoms in total. The van der Waals surface area contributed by atoms with Gasteiger partial charge in [0.2, 0.25) is 0 Å². The molecule has 0 aliphatic heterocycles. The van der Waals surface area contributed by atoms with Crippen molar-refractivity contribution in [3.05, 3.63) is 16.5 Å². The average molecular weight is 323 g/mol. The number of nitrogens with zero attached hydrogens (tertiary/aromatic N) is 2. The van der Waals surface area contributed by atoms with Gasteiger partial charge < -0.3 is 9.80 Å². The van der Waals surface area contributed by atoms with Gasteiger partial charge >= 0.3 is 0 Å². The molecule has 1 saturated carbocycles. The van der Waals surface area contributed by atoms with Crippen LogP contribution in [0.3, 0.4) is 0 Å². The van der Waals surface area contributed by atoms with Gasteiger partial charge in [-0.2, -0.15) is 0 Å². The minimum absolute atomic E-state index is 0.271. The average Bonchev–Trinajstić information content (AvgIpc) is 2.90. The molecule has 0 radical (unpaired) electrons. The zero-order valence-corrected chi connectivity index (χ0v) is 15.5. The molecule has 0 aromatic carbocycles. The Kier molecular flexibility index (Phi) is 6.04. The van der Waals surface area contributed by atoms with Crippen LogP contribution >= 0.6 is 11.3 Å². The van der Waals surface area contributed by atoms with E-state index in [1.54, 1.807) is 11.3 Å². The predicted molar refractivity (Wildman–Crippen MR) is 96.4 cm³/mol. The lowest BCUT2D eigenvalue weighted by Gasteiger charge is -2.39. The standard InChI is InChI=1S/C18H30N2OS/c1-6-17(21)16-12-22-18(13(16)3)20(7-2)15-10-8-14(9-11-15)19(4)5/h12,14-15H,6-11H2,1-5H3. The smallest absolute Gasteiger partial charge is 0.163 e. The molecule has 1 heterocycles. The van der Waals surface area contributed by atoms with Crippen LogP contribution in [-0.4, -0.2) is 43.4 Å². The summed E-state index contributed by atoms with van der Waals surface area (Å²) in [5.74, 6) is 0.271. The van der Waals surface area contributed by atoms with Gasteiger partial charge in [-0.15, -0.1) is 11.3 Å². The number of Topliss-reactive ketones (excluding diaryl/α,β-unsaturated/α-hetero) is 1. The molecular weight excluding hydrogens is 292 g/mol. The molecule has 0 N–H and O–H groups in total. The Morgan fingerprint density at radius 1 is 1.18 bits per heavy atom. The quantitative estimate of drug-likeness (QED) is 0.728. The number of carbonyl (C=O) groups is 1. The lowest BCUT2D eigenvalue weighted by molar-refractivity contribution is 0.0988. The summed E-state index contributed by atoms with van der Waals surface area (Å²) in [6, 6.07) is 1.36. The summed E-state index contributed by atoms with van der Waals surface area (Å²) in [6.07, 6.45) is 5.66. The van der Waals surface area contributed by atoms with Gasteiger partial charge in [0.25, 0.3) is 0 Å². The highest BCUT2D eigenvalue weighted by molar-refractivity contribution is 7.14. The predicted octanol–water partition coefficient (Wildman–Crippen LogP) is 4.35. The van der Waals surface area contributed by atoms with E-state index in [-0.39, 0.29) is 5.78 Å². The van der Waals surface area contributed by atoms with Gasteiger partial charge in [-0.05, 0) is 59.2 Å². The van der Waals surface area contributed by atoms with E-state index in [1.165, 1.54) is 36.2 Å². The van der Waals surface area contributed by atoms with E-state index < -0.39 is 0 Å². The molecule has 1 aliphatic rings. The Hall–Kier alpha value is -0.870. The highest BCUT2D eigenvalue weighted by Crippen LogP contribution is 2.36. The van der Waals surface area contributed by atoms with E-state index in [1.807, 2.05) is 6.92 Å². The fraction of sp³-hybridized carbons (Fsp3) is 0.722. The molecule has 124 valence electrons. The number of hydrogen-bond donors (Lipinski definition) is 0. The SMILES string of the molecule is CCC(=O)c1csc(N(CC)C2CCC(N(C)C)CC2)c1C. The van der Waals surface area contributed by atoms with Crippen LogP contribution in [0.5, 0.6) is 0 Å². The first kappa shape index (κ1) is 17.5. The Balaban J connectivity index is 2.13. The van der Waals surface area contributed by atoms with Crippen LogP contribution in [0.2, 0.25) is 0 Å². The summed E-state index contributed by atoms with van der Waals surface area (Å²) in [5.41, 5.74) is 2.12. The van der Waals surface area contributed by atoms with Crippen LogP contribution in [-0.2, 0) is 0 Å². The number of anilines is 1. The van der Waals surface area contributed by atoms with Gasteiger partial charge in [0.15, 0.2) is 5.78 Å². The molecule has 1 aliphatic carbocycles. The van der Waals surface area contributed by atoms with Gasteiger partial charge in [-0.1, -0.05) is 6.92 Å². The molecule has 0 bridgehead atoms. The van der Waals surface area contributed by atoms with Gasteiger partial charge in [0.05, 0.1) is 5.00 Å². The number of hydrogen-bond acceptors (Lipinski definition) is 4. The van der Waals surface area contributed by atoms with E-state index in [2.05, 4.69) is 43.1 Å². The maximum absolute atomic E-state index is 12.0. The van der Waals surface area contributed by atoms with E-state index in [4.69, 9.17) is 0 Å². The second-order valence-electron chi connectivity index (χ2n) is 6.57. The highest BCUT2D eigenvalue weighted by Gasteiger charge is 2.28. The van der Waals surface area contributed by atoms with Crippen molar-refractivity contribution >= 4 is 22.1 Å². The molecule has 0 saturated heterocycles. The lowest BCUT2D eigenvalue weighted by Crippen LogP contribution is -2.42. The lowest BCUT2D eigenvalue weighted by atomic mass is 9.89. The number of thiophene rings is 1. The summed E-state index contributed by atoms with van der Waals surface area (Å²) >= 11 is 1.75. The third-order valence-electron chi connectivity index (χ3n) is 5.07. The van der Waals surface area contributed by atoms with Crippen molar-refractivity contribution < 1.29 is 4.79 Å². The van der Waals surface area contributed by atoms with Crippen LogP contribution in [0.25, 0.3) is 0 Å². The number of carbonyl (C=O) groups excluding carboxylic acids is 1. The molecule has 0 unspecified atom stereocenters. The van der Waals surface area contributed by atoms with Crippen LogP contribution in [0.15, 0.2) is 5.38 Å². The van der Waals surface area contributed by atoms with Crippen molar-refractivity contribution in [2.24, 2.45) is 0 Å². The Bertz CT molecular complexity index is 501. The molecule has 2 rings (SSSR count). The molecule has 1 aromatic heterocycles. The Morgan fingerprint density at radius 2 is 1.77 bits per heavy atom. The Labute approximate surface area is 139 Å². The van der Waals surface area contributed by atoms with Crippen molar-refractivity contribution in [3.63, 3.8) is 0 Å². The van der Waals surface area contributed by atoms with Gasteiger partial charge in [0.1, 0.15) is 0 Å². The third-order valence-corrected chi connectivity index (χ3v) is 6.19. The van der Waals surface area contributed by atoms with E-state index >= 15 is 0 Å². The summed E-state index contributed by atoms with van der Waals surface area (Å²) in [5, 5.41) is 3.37. The molecule has 0 amide bonds. The largest absolute Gasteiger partial charge is 0.361 e. The fourth-order valence-electron chi connectivity index (χ4n) is 3.61. The van der Waals surface area contributed by atoms with Crippen LogP contribution < -0.4 is 4.90 Å². The maximum Gasteiger partial charge on any atom is 0.163 e. The first-order valence-electron chi connectivity index (χ1n) is 8.53. The second-order valence-corrected chi connectivity index (χ2v) is 7.43. The molecule has 4 heteroatoms. The molecule has 1 fully saturated rings. The van der Waals surface area contributed by atoms with Gasteiger partial charge in [0, 0.05) is 36.0 Å². The summed E-state index contributed by atoms with van der Waals surface area (Å²) in [6.45, 7) is 7.32. The summed E-state index contributed by atoms with van der Waals surface area (Å²) in [7, 11) is 4.38. The van der Waals surface area contributed by atoms with E-state index in [0.29, 0.717) is 12.5 Å². The van der Waals surface area contributed by atoms with Crippen molar-refractivity contribution in [3.8, 4) is 0 Å². The molecule has 22 heavy (non-hydrogen) atoms. The number of rotatable bonds is 6. The molecular formula is C18H30N2OS. The number of ketones is 1. The third kappa shape index (κ3) is 3.54. The van der Waals surface area contributed by atoms with Gasteiger partial charge in [-0.3, -0.25) is 4.79 Å². The molecule has 1 aromatic rings. The van der Waals surface area contributed by atoms with Crippen molar-refractivity contribution in [2.45, 2.75) is 65.0 Å². The first-order chi connectivity index (χ1) is 10.5. The molecule has 0 spiro atoms.